The summed E-state index contributed by atoms with van der Waals surface area (Å²) in [7, 11) is -8.66. The number of carbonyl (C=O) groups is 3. The minimum atomic E-state index is -4.38. The Morgan fingerprint density at radius 2 is 1.39 bits per heavy atom. The van der Waals surface area contributed by atoms with Crippen molar-refractivity contribution in [1.29, 1.82) is 0 Å². The summed E-state index contributed by atoms with van der Waals surface area (Å²) in [6.45, 7) is 25.1. The summed E-state index contributed by atoms with van der Waals surface area (Å²) in [4.78, 5) is 60.8. The highest BCUT2D eigenvalue weighted by Gasteiger charge is 2.44. The Kier molecular flexibility index (Phi) is 19.3. The lowest BCUT2D eigenvalue weighted by molar-refractivity contribution is 0.0130. The Morgan fingerprint density at radius 3 is 2.02 bits per heavy atom. The van der Waals surface area contributed by atoms with Crippen molar-refractivity contribution in [3.8, 4) is 35.2 Å². The Morgan fingerprint density at radius 1 is 0.761 bits per heavy atom. The number of hydrogen-bond donors (Lipinski definition) is 2. The lowest BCUT2D eigenvalue weighted by Gasteiger charge is -2.34. The number of fused-ring (bicyclic) bond motifs is 6. The van der Waals surface area contributed by atoms with Crippen LogP contribution in [0.3, 0.4) is 0 Å². The maximum atomic E-state index is 13.6. The molecule has 2 aliphatic carbocycles. The van der Waals surface area contributed by atoms with Crippen LogP contribution in [0.15, 0.2) is 83.1 Å². The molecule has 496 valence electrons. The van der Waals surface area contributed by atoms with Crippen molar-refractivity contribution in [2.45, 2.75) is 180 Å². The van der Waals surface area contributed by atoms with Crippen LogP contribution >= 0.6 is 11.6 Å². The zero-order chi connectivity index (χ0) is 66.2. The quantitative estimate of drug-likeness (QED) is 0.0597. The van der Waals surface area contributed by atoms with Crippen LogP contribution in [0.5, 0.6) is 23.5 Å². The molecule has 2 saturated carbocycles. The zero-order valence-electron chi connectivity index (χ0n) is 54.4. The molecule has 9 heterocycles. The number of ether oxygens (including phenoxy) is 5. The monoisotopic (exact) mass is 1320 g/mol. The van der Waals surface area contributed by atoms with E-state index in [1.54, 1.807) is 65.3 Å². The van der Waals surface area contributed by atoms with Crippen molar-refractivity contribution in [1.82, 2.24) is 53.8 Å². The van der Waals surface area contributed by atoms with Crippen LogP contribution in [0, 0.1) is 36.5 Å². The molecule has 0 aromatic carbocycles. The molecule has 2 N–H and O–H groups in total. The van der Waals surface area contributed by atoms with E-state index in [2.05, 4.69) is 62.5 Å². The summed E-state index contributed by atoms with van der Waals surface area (Å²) in [5, 5.41) is 8.07. The molecule has 27 heteroatoms. The average Bonchev–Trinajstić information content (AvgIpc) is 1.36. The lowest BCUT2D eigenvalue weighted by Crippen LogP contribution is -2.45. The minimum absolute atomic E-state index is 0.135. The van der Waals surface area contributed by atoms with Gasteiger partial charge in [0.1, 0.15) is 16.6 Å². The number of rotatable bonds is 18. The second kappa shape index (κ2) is 26.4. The predicted octanol–water partition coefficient (Wildman–Crippen LogP) is 10.9. The van der Waals surface area contributed by atoms with E-state index in [0.29, 0.717) is 97.5 Å². The van der Waals surface area contributed by atoms with E-state index in [4.69, 9.17) is 40.3 Å². The highest BCUT2D eigenvalue weighted by Crippen LogP contribution is 2.49. The van der Waals surface area contributed by atoms with Crippen molar-refractivity contribution in [2.75, 3.05) is 44.4 Å². The SMILES string of the molecule is Cc1ccc(S(=O)(=O)NC(=O)c2ccc(-n3ccc(OCCC4(C)CC4)n3)nc2Cl)nc1OCCC[C@@H]1CN(C(=O)OC(C)(C)C)C(C)(C)C1.Cc1ccc2nc1OCCC[C@@H]1CN(c3nc(-n4ccc(OCCC5(C)CC5)n4)ccc3C(=O)NS2(=O)=O)C(C)(C)C1. The Bertz CT molecular complexity index is 3950. The van der Waals surface area contributed by atoms with Crippen LogP contribution < -0.4 is 33.3 Å². The molecule has 3 aliphatic heterocycles. The number of hydrogen-bond acceptors (Lipinski definition) is 19. The number of nitrogens with zero attached hydrogens (tertiary/aromatic N) is 10. The first-order valence-electron chi connectivity index (χ1n) is 31.5. The summed E-state index contributed by atoms with van der Waals surface area (Å²) in [5.41, 5.74) is 0.947. The number of aromatic nitrogens is 8. The second-order valence-electron chi connectivity index (χ2n) is 27.9. The van der Waals surface area contributed by atoms with Crippen molar-refractivity contribution >= 4 is 55.4 Å². The van der Waals surface area contributed by atoms with Gasteiger partial charge in [0.05, 0.1) is 37.6 Å². The maximum absolute atomic E-state index is 13.6. The number of pyridine rings is 4. The molecule has 2 atom stereocenters. The fourth-order valence-corrected chi connectivity index (χ4v) is 13.8. The summed E-state index contributed by atoms with van der Waals surface area (Å²) >= 11 is 6.32. The topological polar surface area (TPSA) is 283 Å². The molecule has 0 spiro atoms. The van der Waals surface area contributed by atoms with Gasteiger partial charge in [0.2, 0.25) is 23.5 Å². The van der Waals surface area contributed by atoms with E-state index in [-0.39, 0.29) is 61.2 Å². The van der Waals surface area contributed by atoms with Crippen LogP contribution in [0.2, 0.25) is 5.15 Å². The molecule has 11 rings (SSSR count). The van der Waals surface area contributed by atoms with Gasteiger partial charge >= 0.3 is 6.09 Å². The number of likely N-dealkylation sites (tertiary alicyclic amines) is 1. The van der Waals surface area contributed by atoms with Crippen molar-refractivity contribution in [3.05, 3.63) is 100 Å². The van der Waals surface area contributed by atoms with Crippen LogP contribution in [-0.2, 0) is 24.8 Å². The first-order chi connectivity index (χ1) is 43.3. The fourth-order valence-electron chi connectivity index (χ4n) is 11.7. The molecule has 5 aliphatic rings. The fraction of sp³-hybridized carbons (Fsp3) is 0.554. The molecule has 3 amide bonds. The van der Waals surface area contributed by atoms with Gasteiger partial charge in [-0.2, -0.15) is 26.8 Å². The van der Waals surface area contributed by atoms with Gasteiger partial charge < -0.3 is 33.5 Å². The Hall–Kier alpha value is -7.58. The molecule has 0 unspecified atom stereocenters. The van der Waals surface area contributed by atoms with Gasteiger partial charge in [0.15, 0.2) is 21.7 Å². The number of amides is 3. The third kappa shape index (κ3) is 16.6. The average molecular weight is 1330 g/mol. The number of carbonyl (C=O) groups excluding carboxylic acids is 3. The Labute approximate surface area is 544 Å². The number of sulfonamides is 2. The third-order valence-electron chi connectivity index (χ3n) is 17.7. The molecule has 92 heavy (non-hydrogen) atoms. The molecule has 4 fully saturated rings. The van der Waals surface area contributed by atoms with Crippen LogP contribution in [0.1, 0.15) is 171 Å². The van der Waals surface area contributed by atoms with E-state index >= 15 is 0 Å². The molecule has 4 bridgehead atoms. The summed E-state index contributed by atoms with van der Waals surface area (Å²) in [6, 6.07) is 15.5. The molecule has 6 aromatic heterocycles. The molecule has 24 nitrogen and oxygen atoms in total. The highest BCUT2D eigenvalue weighted by molar-refractivity contribution is 7.90. The Balaban J connectivity index is 0.000000204. The van der Waals surface area contributed by atoms with Crippen molar-refractivity contribution in [2.24, 2.45) is 22.7 Å². The van der Waals surface area contributed by atoms with E-state index < -0.39 is 37.5 Å². The van der Waals surface area contributed by atoms with E-state index in [0.717, 1.165) is 50.5 Å². The van der Waals surface area contributed by atoms with Gasteiger partial charge in [-0.1, -0.05) is 37.6 Å². The summed E-state index contributed by atoms with van der Waals surface area (Å²) < 4.78 is 89.2. The third-order valence-corrected chi connectivity index (χ3v) is 20.5. The number of anilines is 1. The predicted molar refractivity (Wildman–Crippen MR) is 344 cm³/mol. The number of aryl methyl sites for hydroxylation is 2. The van der Waals surface area contributed by atoms with Gasteiger partial charge in [0.25, 0.3) is 31.9 Å². The molecule has 0 radical (unpaired) electrons. The highest BCUT2D eigenvalue weighted by atomic mass is 35.5. The lowest BCUT2D eigenvalue weighted by atomic mass is 9.93. The normalized spacial score (nSPS) is 20.0. The molecule has 6 aromatic rings. The summed E-state index contributed by atoms with van der Waals surface area (Å²) in [6.07, 6.45) is 14.9. The number of halogens is 1. The van der Waals surface area contributed by atoms with Gasteiger partial charge in [-0.15, -0.1) is 10.2 Å². The second-order valence-corrected chi connectivity index (χ2v) is 31.5. The van der Waals surface area contributed by atoms with E-state index in [1.807, 2.05) is 46.3 Å². The maximum Gasteiger partial charge on any atom is 0.410 e. The van der Waals surface area contributed by atoms with Gasteiger partial charge in [-0.05, 0) is 198 Å². The van der Waals surface area contributed by atoms with Gasteiger partial charge in [-0.3, -0.25) is 9.59 Å². The zero-order valence-corrected chi connectivity index (χ0v) is 56.8. The minimum Gasteiger partial charge on any atom is -0.477 e. The van der Waals surface area contributed by atoms with Crippen molar-refractivity contribution < 1.29 is 54.9 Å². The first kappa shape index (κ1) is 67.3. The van der Waals surface area contributed by atoms with Crippen LogP contribution in [0.25, 0.3) is 11.6 Å². The standard InChI is InChI=1S/C35H47ClN6O7S.C30H38N6O5S/c1-23-10-13-28(38-31(23)48-19-8-9-24-21-34(5,6)41(22-24)32(44)49-33(2,3)4)50(45,46)40-30(43)25-11-12-26(37-29(25)36)42-18-14-27(39-42)47-20-17-35(7)15-16-35;1-20-7-10-25-32-28(20)41-16-5-6-21-18-29(2,3)35(19-21)26-22(27(37)34-42(25,38)39)8-9-23(31-26)36-15-11-24(33-36)40-17-14-30(4)12-13-30/h10-14,18,24H,8-9,15-17,19-22H2,1-7H3,(H,40,43);7-11,15,21H,5-6,12-14,16-19H2,1-4H3,(H,34,37)/t24-;21-/m00/s1. The van der Waals surface area contributed by atoms with Crippen LogP contribution in [-0.4, -0.2) is 135 Å². The van der Waals surface area contributed by atoms with Crippen LogP contribution in [0.4, 0.5) is 10.6 Å². The van der Waals surface area contributed by atoms with Gasteiger partial charge in [-0.25, -0.2) is 33.6 Å². The van der Waals surface area contributed by atoms with E-state index in [1.165, 1.54) is 54.6 Å². The molecule has 2 saturated heterocycles. The summed E-state index contributed by atoms with van der Waals surface area (Å²) in [5.74, 6) is 1.48. The largest absolute Gasteiger partial charge is 0.477 e. The first-order valence-corrected chi connectivity index (χ1v) is 34.8. The molecular formula is C65H85ClN12O12S2. The van der Waals surface area contributed by atoms with Gasteiger partial charge in [0, 0.05) is 59.8 Å². The van der Waals surface area contributed by atoms with Crippen molar-refractivity contribution in [3.63, 3.8) is 0 Å². The van der Waals surface area contributed by atoms with E-state index in [9.17, 15) is 31.2 Å². The molecular weight excluding hydrogens is 1240 g/mol. The smallest absolute Gasteiger partial charge is 0.410 e. The number of nitrogens with one attached hydrogen (secondary N) is 2.